The molecule has 48 heavy (non-hydrogen) atoms. The second-order valence-corrected chi connectivity index (χ2v) is 17.3. The number of hydrogen-bond donors (Lipinski definition) is 0. The number of carbonyl (C=O) groups is 2. The monoisotopic (exact) mass is 668 g/mol. The van der Waals surface area contributed by atoms with Crippen LogP contribution in [0.4, 0.5) is 0 Å². The molecule has 0 saturated carbocycles. The normalized spacial score (nSPS) is 14.1. The van der Waals surface area contributed by atoms with Gasteiger partial charge in [0, 0.05) is 11.1 Å². The second-order valence-electron chi connectivity index (χ2n) is 13.3. The summed E-state index contributed by atoms with van der Waals surface area (Å²) in [5.41, 5.74) is 1.08. The number of unbranched alkanes of at least 4 members (excludes halogenated alkanes) is 13. The Morgan fingerprint density at radius 2 is 0.792 bits per heavy atom. The van der Waals surface area contributed by atoms with Crippen LogP contribution in [0, 0.1) is 0 Å². The van der Waals surface area contributed by atoms with Crippen molar-refractivity contribution in [2.45, 2.75) is 103 Å². The molecule has 0 atom stereocenters. The molecule has 0 saturated heterocycles. The van der Waals surface area contributed by atoms with Crippen molar-refractivity contribution in [3.63, 3.8) is 0 Å². The Kier molecular flexibility index (Phi) is 15.6. The number of hydrogen-bond acceptors (Lipinski definition) is 4. The maximum absolute atomic E-state index is 12.8. The van der Waals surface area contributed by atoms with Gasteiger partial charge in [-0.25, -0.2) is 0 Å². The molecule has 3 aromatic carbocycles. The van der Waals surface area contributed by atoms with Crippen molar-refractivity contribution >= 4 is 34.7 Å². The smallest absolute Gasteiger partial charge is 0.227 e. The number of methoxy groups -OCH3 is 2. The van der Waals surface area contributed by atoms with Crippen molar-refractivity contribution < 1.29 is 19.1 Å². The van der Waals surface area contributed by atoms with E-state index in [0.29, 0.717) is 17.6 Å². The first-order valence-electron chi connectivity index (χ1n) is 18.3. The molecule has 0 bridgehead atoms. The first kappa shape index (κ1) is 37.3. The summed E-state index contributed by atoms with van der Waals surface area (Å²) in [7, 11) is 0.721. The molecule has 1 aliphatic carbocycles. The zero-order valence-electron chi connectivity index (χ0n) is 29.6. The van der Waals surface area contributed by atoms with Crippen LogP contribution >= 0.6 is 7.26 Å². The van der Waals surface area contributed by atoms with Crippen molar-refractivity contribution in [2.75, 3.05) is 20.4 Å². The summed E-state index contributed by atoms with van der Waals surface area (Å²) in [4.78, 5) is 25.3. The van der Waals surface area contributed by atoms with Crippen LogP contribution in [-0.2, 0) is 19.1 Å². The molecule has 0 heterocycles. The van der Waals surface area contributed by atoms with Gasteiger partial charge in [0.05, 0.1) is 14.2 Å². The van der Waals surface area contributed by atoms with E-state index in [-0.39, 0.29) is 23.1 Å². The van der Waals surface area contributed by atoms with Crippen LogP contribution in [0.25, 0.3) is 0 Å². The Labute approximate surface area is 290 Å². The number of allylic oxidation sites excluding steroid dienone is 2. The standard InChI is InChI=1S/C43H57O4P/c1-35-39(41(45)43(47-3)42(46-2)40(35)44)33-25-14-12-10-8-6-4-5-7-9-11-13-15-26-34-48(36-27-19-16-20-28-36,37-29-21-17-22-30-37)38-31-23-18-24-32-38/h16-24,27-32,48H,4-15,25-26,33-34H2,1-3H3. The van der Waals surface area contributed by atoms with E-state index in [0.717, 1.165) is 12.8 Å². The molecule has 4 rings (SSSR count). The Morgan fingerprint density at radius 3 is 1.17 bits per heavy atom. The Balaban J connectivity index is 1.08. The second kappa shape index (κ2) is 20.1. The van der Waals surface area contributed by atoms with Gasteiger partial charge in [-0.3, -0.25) is 9.59 Å². The molecule has 0 fully saturated rings. The predicted octanol–water partition coefficient (Wildman–Crippen LogP) is 9.54. The number of benzene rings is 3. The van der Waals surface area contributed by atoms with Crippen LogP contribution in [0.15, 0.2) is 114 Å². The van der Waals surface area contributed by atoms with Gasteiger partial charge in [0.1, 0.15) is 0 Å². The first-order valence-corrected chi connectivity index (χ1v) is 20.5. The maximum Gasteiger partial charge on any atom is 0.227 e. The van der Waals surface area contributed by atoms with E-state index < -0.39 is 7.26 Å². The van der Waals surface area contributed by atoms with Crippen molar-refractivity contribution in [3.05, 3.63) is 114 Å². The summed E-state index contributed by atoms with van der Waals surface area (Å²) in [5.74, 6) is -0.381. The quantitative estimate of drug-likeness (QED) is 0.0608. The van der Waals surface area contributed by atoms with Crippen LogP contribution in [0.5, 0.6) is 0 Å². The third-order valence-electron chi connectivity index (χ3n) is 10.1. The fraction of sp³-hybridized carbons (Fsp3) is 0.442. The summed E-state index contributed by atoms with van der Waals surface area (Å²) >= 11 is 0. The van der Waals surface area contributed by atoms with E-state index >= 15 is 0 Å². The summed E-state index contributed by atoms with van der Waals surface area (Å²) in [6.07, 6.45) is 19.5. The Hall–Kier alpha value is -3.49. The fourth-order valence-electron chi connectivity index (χ4n) is 7.41. The van der Waals surface area contributed by atoms with Crippen LogP contribution in [0.1, 0.15) is 103 Å². The molecule has 5 heteroatoms. The molecule has 0 spiro atoms. The average Bonchev–Trinajstić information content (AvgIpc) is 3.13. The molecule has 1 aliphatic rings. The van der Waals surface area contributed by atoms with E-state index in [2.05, 4.69) is 91.0 Å². The predicted molar refractivity (Wildman–Crippen MR) is 204 cm³/mol. The zero-order chi connectivity index (χ0) is 34.0. The van der Waals surface area contributed by atoms with Gasteiger partial charge in [0.25, 0.3) is 0 Å². The molecular weight excluding hydrogens is 611 g/mol. The molecule has 3 aromatic rings. The average molecular weight is 669 g/mol. The minimum absolute atomic E-state index is 0.0221. The van der Waals surface area contributed by atoms with Gasteiger partial charge in [0.15, 0.2) is 0 Å². The van der Waals surface area contributed by atoms with Crippen molar-refractivity contribution in [3.8, 4) is 0 Å². The molecule has 0 aliphatic heterocycles. The molecule has 0 radical (unpaired) electrons. The molecule has 0 N–H and O–H groups in total. The molecule has 0 aromatic heterocycles. The van der Waals surface area contributed by atoms with E-state index in [4.69, 9.17) is 9.47 Å². The fourth-order valence-corrected chi connectivity index (χ4v) is 12.3. The van der Waals surface area contributed by atoms with Gasteiger partial charge in [-0.2, -0.15) is 0 Å². The van der Waals surface area contributed by atoms with E-state index in [1.165, 1.54) is 113 Å². The van der Waals surface area contributed by atoms with Crippen LogP contribution in [-0.4, -0.2) is 31.9 Å². The summed E-state index contributed by atoms with van der Waals surface area (Å²) < 4.78 is 10.3. The van der Waals surface area contributed by atoms with E-state index in [9.17, 15) is 9.59 Å². The summed E-state index contributed by atoms with van der Waals surface area (Å²) in [5, 5.41) is 4.55. The van der Waals surface area contributed by atoms with Crippen LogP contribution < -0.4 is 15.9 Å². The Bertz CT molecular complexity index is 1380. The van der Waals surface area contributed by atoms with E-state index in [1.54, 1.807) is 6.92 Å². The largest absolute Gasteiger partial charge is 0.285 e. The molecule has 0 amide bonds. The minimum Gasteiger partial charge on any atom is -0.285 e. The SMILES string of the molecule is COC1=C(OC)C(=O)C(CCCCCCCCCCCCCCCC[PH](c2ccccc2)(c2ccccc2)c2ccccc2)=C(C)C1=O. The number of rotatable bonds is 22. The van der Waals surface area contributed by atoms with Gasteiger partial charge in [0.2, 0.25) is 23.1 Å². The van der Waals surface area contributed by atoms with Gasteiger partial charge >= 0.3 is 191 Å². The number of Topliss-reactive ketones (excluding diaryl/α,β-unsaturated/α-hetero) is 2. The molecule has 258 valence electrons. The summed E-state index contributed by atoms with van der Waals surface area (Å²) in [6.45, 7) is 1.72. The molecular formula is C43H57O4P. The van der Waals surface area contributed by atoms with Gasteiger partial charge in [-0.05, 0) is 19.8 Å². The van der Waals surface area contributed by atoms with Gasteiger partial charge in [-0.15, -0.1) is 0 Å². The third kappa shape index (κ3) is 9.79. The maximum atomic E-state index is 12.8. The van der Waals surface area contributed by atoms with E-state index in [1.807, 2.05) is 0 Å². The van der Waals surface area contributed by atoms with Crippen molar-refractivity contribution in [1.82, 2.24) is 0 Å². The Morgan fingerprint density at radius 1 is 0.458 bits per heavy atom. The molecule has 4 nitrogen and oxygen atoms in total. The zero-order valence-corrected chi connectivity index (χ0v) is 30.6. The summed E-state index contributed by atoms with van der Waals surface area (Å²) in [6, 6.07) is 33.9. The minimum atomic E-state index is -2.09. The number of carbonyl (C=O) groups excluding carboxylic acids is 2. The topological polar surface area (TPSA) is 52.6 Å². The van der Waals surface area contributed by atoms with Gasteiger partial charge in [-0.1, -0.05) is 12.8 Å². The molecule has 0 unspecified atom stereocenters. The van der Waals surface area contributed by atoms with Gasteiger partial charge < -0.3 is 9.47 Å². The van der Waals surface area contributed by atoms with Crippen LogP contribution in [0.2, 0.25) is 0 Å². The first-order chi connectivity index (χ1) is 23.5. The third-order valence-corrected chi connectivity index (χ3v) is 15.2. The van der Waals surface area contributed by atoms with Crippen molar-refractivity contribution in [1.29, 1.82) is 0 Å². The van der Waals surface area contributed by atoms with Crippen LogP contribution in [0.3, 0.4) is 0 Å². The number of ether oxygens (including phenoxy) is 2. The van der Waals surface area contributed by atoms with Crippen molar-refractivity contribution in [2.24, 2.45) is 0 Å². The number of ketones is 2.